The van der Waals surface area contributed by atoms with Gasteiger partial charge in [-0.1, -0.05) is 23.7 Å². The van der Waals surface area contributed by atoms with Crippen LogP contribution in [0.1, 0.15) is 11.1 Å². The van der Waals surface area contributed by atoms with Crippen molar-refractivity contribution in [2.45, 2.75) is 4.90 Å². The molecule has 28 heavy (non-hydrogen) atoms. The van der Waals surface area contributed by atoms with Crippen molar-refractivity contribution in [2.75, 3.05) is 32.3 Å². The lowest BCUT2D eigenvalue weighted by Crippen LogP contribution is -2.16. The van der Waals surface area contributed by atoms with Gasteiger partial charge in [0.05, 0.1) is 11.6 Å². The van der Waals surface area contributed by atoms with Gasteiger partial charge >= 0.3 is 0 Å². The Hall–Kier alpha value is -2.48. The fraction of sp³-hybridized carbons (Fsp3) is 0.200. The molecule has 0 bridgehead atoms. The molecule has 0 aliphatic rings. The molecule has 0 aromatic heterocycles. The van der Waals surface area contributed by atoms with Crippen LogP contribution in [0.15, 0.2) is 47.4 Å². The third-order valence-electron chi connectivity index (χ3n) is 3.87. The average Bonchev–Trinajstić information content (AvgIpc) is 2.69. The smallest absolute Gasteiger partial charge is 0.206 e. The Morgan fingerprint density at radius 1 is 1.25 bits per heavy atom. The SMILES string of the molecule is COCCOc1cc(N)c(C(=N)C(=O)/C=C(\N)c2ccc(SC)cc2)cc1Cl. The minimum Gasteiger partial charge on any atom is -0.490 e. The Balaban J connectivity index is 2.19. The quantitative estimate of drug-likeness (QED) is 0.188. The Morgan fingerprint density at radius 3 is 2.54 bits per heavy atom. The number of carbonyl (C=O) groups excluding carboxylic acids is 1. The molecule has 2 aromatic carbocycles. The molecule has 0 amide bonds. The zero-order chi connectivity index (χ0) is 20.7. The van der Waals surface area contributed by atoms with Crippen LogP contribution < -0.4 is 16.2 Å². The second-order valence-corrected chi connectivity index (χ2v) is 7.07. The number of anilines is 1. The third kappa shape index (κ3) is 5.51. The number of allylic oxidation sites excluding steroid dienone is 1. The molecular weight excluding hydrogens is 398 g/mol. The van der Waals surface area contributed by atoms with Crippen LogP contribution in [0.2, 0.25) is 5.02 Å². The molecule has 8 heteroatoms. The maximum Gasteiger partial charge on any atom is 0.206 e. The molecule has 0 saturated carbocycles. The van der Waals surface area contributed by atoms with Crippen LogP contribution in [-0.4, -0.2) is 38.1 Å². The van der Waals surface area contributed by atoms with Crippen LogP contribution >= 0.6 is 23.4 Å². The second-order valence-electron chi connectivity index (χ2n) is 5.78. The van der Waals surface area contributed by atoms with E-state index >= 15 is 0 Å². The lowest BCUT2D eigenvalue weighted by molar-refractivity contribution is -0.108. The summed E-state index contributed by atoms with van der Waals surface area (Å²) in [6, 6.07) is 10.4. The van der Waals surface area contributed by atoms with Crippen molar-refractivity contribution in [3.63, 3.8) is 0 Å². The van der Waals surface area contributed by atoms with Crippen molar-refractivity contribution in [3.8, 4) is 5.75 Å². The van der Waals surface area contributed by atoms with Crippen LogP contribution in [0.3, 0.4) is 0 Å². The van der Waals surface area contributed by atoms with Gasteiger partial charge in [-0.2, -0.15) is 0 Å². The van der Waals surface area contributed by atoms with Crippen molar-refractivity contribution in [1.29, 1.82) is 5.41 Å². The van der Waals surface area contributed by atoms with E-state index in [2.05, 4.69) is 0 Å². The standard InChI is InChI=1S/C20H22ClN3O3S/c1-26-7-8-27-19-11-17(23)14(9-15(19)21)20(24)18(25)10-16(22)12-3-5-13(28-2)6-4-12/h3-6,9-11,24H,7-8,22-23H2,1-2H3/b16-10-,24-20?. The number of benzene rings is 2. The lowest BCUT2D eigenvalue weighted by atomic mass is 10.0. The molecule has 5 N–H and O–H groups in total. The molecule has 0 spiro atoms. The Morgan fingerprint density at radius 2 is 1.93 bits per heavy atom. The molecule has 148 valence electrons. The van der Waals surface area contributed by atoms with Crippen LogP contribution in [-0.2, 0) is 9.53 Å². The number of hydrogen-bond donors (Lipinski definition) is 3. The van der Waals surface area contributed by atoms with Gasteiger partial charge in [-0.25, -0.2) is 0 Å². The number of nitrogens with two attached hydrogens (primary N) is 2. The van der Waals surface area contributed by atoms with Gasteiger partial charge in [0.1, 0.15) is 18.1 Å². The zero-order valence-corrected chi connectivity index (χ0v) is 17.2. The van der Waals surface area contributed by atoms with Crippen LogP contribution in [0.25, 0.3) is 5.70 Å². The summed E-state index contributed by atoms with van der Waals surface area (Å²) in [5.41, 5.74) is 13.1. The van der Waals surface area contributed by atoms with Gasteiger partial charge < -0.3 is 20.9 Å². The average molecular weight is 420 g/mol. The van der Waals surface area contributed by atoms with Crippen molar-refractivity contribution in [2.24, 2.45) is 5.73 Å². The second kappa shape index (κ2) is 10.2. The summed E-state index contributed by atoms with van der Waals surface area (Å²) < 4.78 is 10.4. The minimum absolute atomic E-state index is 0.214. The number of thioether (sulfide) groups is 1. The number of halogens is 1. The molecule has 0 unspecified atom stereocenters. The van der Waals surface area contributed by atoms with Crippen molar-refractivity contribution >= 4 is 46.2 Å². The number of ether oxygens (including phenoxy) is 2. The van der Waals surface area contributed by atoms with Crippen LogP contribution in [0.4, 0.5) is 5.69 Å². The molecule has 0 aliphatic heterocycles. The first kappa shape index (κ1) is 21.8. The molecule has 0 atom stereocenters. The van der Waals surface area contributed by atoms with Gasteiger partial charge in [-0.05, 0) is 30.0 Å². The normalized spacial score (nSPS) is 11.3. The highest BCUT2D eigenvalue weighted by Crippen LogP contribution is 2.30. The first-order valence-electron chi connectivity index (χ1n) is 8.33. The summed E-state index contributed by atoms with van der Waals surface area (Å²) in [6.45, 7) is 0.703. The third-order valence-corrected chi connectivity index (χ3v) is 4.91. The van der Waals surface area contributed by atoms with Gasteiger partial charge in [0.15, 0.2) is 0 Å². The van der Waals surface area contributed by atoms with E-state index in [1.54, 1.807) is 18.9 Å². The van der Waals surface area contributed by atoms with E-state index in [0.717, 1.165) is 4.90 Å². The fourth-order valence-electron chi connectivity index (χ4n) is 2.34. The molecule has 6 nitrogen and oxygen atoms in total. The van der Waals surface area contributed by atoms with Gasteiger partial charge in [0.25, 0.3) is 0 Å². The summed E-state index contributed by atoms with van der Waals surface area (Å²) >= 11 is 7.80. The number of nitrogens with one attached hydrogen (secondary N) is 1. The van der Waals surface area contributed by atoms with E-state index in [9.17, 15) is 4.79 Å². The number of carbonyl (C=O) groups is 1. The van der Waals surface area contributed by atoms with Gasteiger partial charge in [-0.3, -0.25) is 10.2 Å². The largest absolute Gasteiger partial charge is 0.490 e. The summed E-state index contributed by atoms with van der Waals surface area (Å²) in [7, 11) is 1.56. The van der Waals surface area contributed by atoms with Gasteiger partial charge in [-0.15, -0.1) is 11.8 Å². The predicted octanol–water partition coefficient (Wildman–Crippen LogP) is 3.61. The Kier molecular flexibility index (Phi) is 7.92. The van der Waals surface area contributed by atoms with E-state index in [1.807, 2.05) is 30.5 Å². The lowest BCUT2D eigenvalue weighted by Gasteiger charge is -2.12. The number of nitrogen functional groups attached to an aromatic ring is 1. The summed E-state index contributed by atoms with van der Waals surface area (Å²) in [5.74, 6) is -0.202. The maximum atomic E-state index is 12.5. The Labute approximate surface area is 173 Å². The number of rotatable bonds is 9. The fourth-order valence-corrected chi connectivity index (χ4v) is 2.97. The maximum absolute atomic E-state index is 12.5. The molecule has 2 aromatic rings. The van der Waals surface area contributed by atoms with E-state index in [0.29, 0.717) is 24.5 Å². The molecular formula is C20H22ClN3O3S. The topological polar surface area (TPSA) is 111 Å². The first-order chi connectivity index (χ1) is 13.4. The summed E-state index contributed by atoms with van der Waals surface area (Å²) in [6.07, 6.45) is 3.19. The van der Waals surface area contributed by atoms with Gasteiger partial charge in [0.2, 0.25) is 5.78 Å². The molecule has 2 rings (SSSR count). The predicted molar refractivity (Wildman–Crippen MR) is 115 cm³/mol. The highest BCUT2D eigenvalue weighted by Gasteiger charge is 2.17. The van der Waals surface area contributed by atoms with E-state index < -0.39 is 5.78 Å². The highest BCUT2D eigenvalue weighted by molar-refractivity contribution is 7.98. The highest BCUT2D eigenvalue weighted by atomic mass is 35.5. The number of methoxy groups -OCH3 is 1. The first-order valence-corrected chi connectivity index (χ1v) is 9.93. The van der Waals surface area contributed by atoms with Gasteiger partial charge in [0, 0.05) is 41.1 Å². The molecule has 0 radical (unpaired) electrons. The molecule has 0 heterocycles. The van der Waals surface area contributed by atoms with Crippen LogP contribution in [0.5, 0.6) is 5.75 Å². The van der Waals surface area contributed by atoms with Crippen molar-refractivity contribution < 1.29 is 14.3 Å². The monoisotopic (exact) mass is 419 g/mol. The van der Waals surface area contributed by atoms with Crippen molar-refractivity contribution in [3.05, 3.63) is 58.6 Å². The van der Waals surface area contributed by atoms with Crippen molar-refractivity contribution in [1.82, 2.24) is 0 Å². The number of ketones is 1. The zero-order valence-electron chi connectivity index (χ0n) is 15.6. The van der Waals surface area contributed by atoms with E-state index in [-0.39, 0.29) is 27.7 Å². The van der Waals surface area contributed by atoms with Crippen LogP contribution in [0, 0.1) is 5.41 Å². The molecule has 0 aliphatic carbocycles. The summed E-state index contributed by atoms with van der Waals surface area (Å²) in [4.78, 5) is 13.6. The van der Waals surface area contributed by atoms with E-state index in [1.165, 1.54) is 18.2 Å². The molecule has 0 saturated heterocycles. The summed E-state index contributed by atoms with van der Waals surface area (Å²) in [5, 5.41) is 8.43. The Bertz CT molecular complexity index is 898. The van der Waals surface area contributed by atoms with E-state index in [4.69, 9.17) is 38.0 Å². The minimum atomic E-state index is -0.567. The number of hydrogen-bond acceptors (Lipinski definition) is 7. The molecule has 0 fully saturated rings.